The van der Waals surface area contributed by atoms with E-state index in [9.17, 15) is 4.79 Å². The van der Waals surface area contributed by atoms with Gasteiger partial charge in [0.2, 0.25) is 11.7 Å². The Balaban J connectivity index is 1.38. The number of ether oxygens (including phenoxy) is 1. The molecule has 1 saturated heterocycles. The number of benzene rings is 1. The average Bonchev–Trinajstić information content (AvgIpc) is 3.45. The lowest BCUT2D eigenvalue weighted by atomic mass is 10.2. The SMILES string of the molecule is CCOc1ccccc1-c1noc(CSc2ccc(C(=O)N3CCCC3)cn2)n1. The van der Waals surface area contributed by atoms with Gasteiger partial charge >= 0.3 is 0 Å². The van der Waals surface area contributed by atoms with Gasteiger partial charge in [-0.15, -0.1) is 0 Å². The molecule has 8 heteroatoms. The molecule has 1 amide bonds. The highest BCUT2D eigenvalue weighted by Gasteiger charge is 2.19. The summed E-state index contributed by atoms with van der Waals surface area (Å²) in [5.41, 5.74) is 1.43. The highest BCUT2D eigenvalue weighted by molar-refractivity contribution is 7.98. The van der Waals surface area contributed by atoms with E-state index in [2.05, 4.69) is 15.1 Å². The summed E-state index contributed by atoms with van der Waals surface area (Å²) >= 11 is 1.49. The van der Waals surface area contributed by atoms with Crippen molar-refractivity contribution in [2.75, 3.05) is 19.7 Å². The molecule has 0 N–H and O–H groups in total. The number of carbonyl (C=O) groups excluding carboxylic acids is 1. The van der Waals surface area contributed by atoms with Gasteiger partial charge in [-0.25, -0.2) is 4.98 Å². The Morgan fingerprint density at radius 1 is 1.21 bits per heavy atom. The quantitative estimate of drug-likeness (QED) is 0.543. The summed E-state index contributed by atoms with van der Waals surface area (Å²) in [7, 11) is 0. The van der Waals surface area contributed by atoms with Crippen LogP contribution >= 0.6 is 11.8 Å². The van der Waals surface area contributed by atoms with Gasteiger partial charge in [-0.1, -0.05) is 29.1 Å². The molecule has 0 radical (unpaired) electrons. The van der Waals surface area contributed by atoms with E-state index in [0.717, 1.165) is 42.3 Å². The molecule has 0 atom stereocenters. The number of para-hydroxylation sites is 1. The first kappa shape index (κ1) is 19.4. The van der Waals surface area contributed by atoms with Crippen LogP contribution in [0.25, 0.3) is 11.4 Å². The van der Waals surface area contributed by atoms with E-state index in [1.807, 2.05) is 48.2 Å². The third-order valence-electron chi connectivity index (χ3n) is 4.62. The van der Waals surface area contributed by atoms with Crippen molar-refractivity contribution in [3.63, 3.8) is 0 Å². The van der Waals surface area contributed by atoms with Crippen LogP contribution in [0.2, 0.25) is 0 Å². The van der Waals surface area contributed by atoms with Gasteiger partial charge in [0.25, 0.3) is 5.91 Å². The number of hydrogen-bond acceptors (Lipinski definition) is 7. The second kappa shape index (κ2) is 9.09. The van der Waals surface area contributed by atoms with Crippen LogP contribution in [0.4, 0.5) is 0 Å². The largest absolute Gasteiger partial charge is 0.493 e. The van der Waals surface area contributed by atoms with Crippen molar-refractivity contribution >= 4 is 17.7 Å². The van der Waals surface area contributed by atoms with Gasteiger partial charge in [-0.05, 0) is 44.0 Å². The molecular weight excluding hydrogens is 388 g/mol. The minimum Gasteiger partial charge on any atom is -0.493 e. The van der Waals surface area contributed by atoms with Gasteiger partial charge in [-0.2, -0.15) is 4.98 Å². The molecule has 7 nitrogen and oxygen atoms in total. The van der Waals surface area contributed by atoms with Crippen molar-refractivity contribution in [3.05, 3.63) is 54.0 Å². The predicted molar refractivity (Wildman–Crippen MR) is 110 cm³/mol. The average molecular weight is 410 g/mol. The molecule has 1 aromatic carbocycles. The minimum atomic E-state index is 0.0565. The Morgan fingerprint density at radius 3 is 2.79 bits per heavy atom. The molecule has 1 fully saturated rings. The molecule has 4 rings (SSSR count). The molecule has 1 aliphatic rings. The van der Waals surface area contributed by atoms with Gasteiger partial charge in [0, 0.05) is 19.3 Å². The molecule has 0 aliphatic carbocycles. The molecule has 3 aromatic rings. The first-order valence-corrected chi connectivity index (χ1v) is 10.7. The second-order valence-electron chi connectivity index (χ2n) is 6.61. The summed E-state index contributed by atoms with van der Waals surface area (Å²) in [5.74, 6) is 2.30. The normalized spacial score (nSPS) is 13.6. The molecule has 150 valence electrons. The van der Waals surface area contributed by atoms with Crippen LogP contribution in [0.5, 0.6) is 5.75 Å². The zero-order chi connectivity index (χ0) is 20.1. The molecule has 0 bridgehead atoms. The maximum absolute atomic E-state index is 12.4. The summed E-state index contributed by atoms with van der Waals surface area (Å²) in [6.07, 6.45) is 3.79. The number of rotatable bonds is 7. The summed E-state index contributed by atoms with van der Waals surface area (Å²) in [6, 6.07) is 11.3. The molecule has 0 spiro atoms. The van der Waals surface area contributed by atoms with Gasteiger partial charge in [0.05, 0.1) is 28.5 Å². The molecule has 0 saturated carbocycles. The van der Waals surface area contributed by atoms with Crippen molar-refractivity contribution in [2.45, 2.75) is 30.5 Å². The maximum Gasteiger partial charge on any atom is 0.255 e. The summed E-state index contributed by atoms with van der Waals surface area (Å²) < 4.78 is 11.0. The van der Waals surface area contributed by atoms with Gasteiger partial charge in [0.1, 0.15) is 5.75 Å². The van der Waals surface area contributed by atoms with Crippen molar-refractivity contribution < 1.29 is 14.1 Å². The fourth-order valence-electron chi connectivity index (χ4n) is 3.19. The van der Waals surface area contributed by atoms with Crippen molar-refractivity contribution in [2.24, 2.45) is 0 Å². The number of nitrogens with zero attached hydrogens (tertiary/aromatic N) is 4. The number of hydrogen-bond donors (Lipinski definition) is 0. The fourth-order valence-corrected chi connectivity index (χ4v) is 3.87. The maximum atomic E-state index is 12.4. The van der Waals surface area contributed by atoms with E-state index >= 15 is 0 Å². The summed E-state index contributed by atoms with van der Waals surface area (Å²) in [5, 5.41) is 4.88. The molecular formula is C21H22N4O3S. The van der Waals surface area contributed by atoms with Crippen LogP contribution in [-0.4, -0.2) is 45.6 Å². The van der Waals surface area contributed by atoms with E-state index in [0.29, 0.717) is 29.6 Å². The molecule has 29 heavy (non-hydrogen) atoms. The number of thioether (sulfide) groups is 1. The second-order valence-corrected chi connectivity index (χ2v) is 7.61. The first-order valence-electron chi connectivity index (χ1n) is 9.67. The van der Waals surface area contributed by atoms with Crippen molar-refractivity contribution in [1.29, 1.82) is 0 Å². The lowest BCUT2D eigenvalue weighted by Gasteiger charge is -2.14. The van der Waals surface area contributed by atoms with E-state index in [4.69, 9.17) is 9.26 Å². The van der Waals surface area contributed by atoms with Crippen LogP contribution in [0.1, 0.15) is 36.0 Å². The third kappa shape index (κ3) is 4.59. The highest BCUT2D eigenvalue weighted by Crippen LogP contribution is 2.29. The first-order chi connectivity index (χ1) is 14.2. The van der Waals surface area contributed by atoms with Crippen LogP contribution in [0.15, 0.2) is 52.1 Å². The lowest BCUT2D eigenvalue weighted by Crippen LogP contribution is -2.27. The zero-order valence-electron chi connectivity index (χ0n) is 16.2. The Bertz CT molecular complexity index is 968. The number of amides is 1. The number of pyridine rings is 1. The Hall–Kier alpha value is -2.87. The Morgan fingerprint density at radius 2 is 2.03 bits per heavy atom. The summed E-state index contributed by atoms with van der Waals surface area (Å²) in [4.78, 5) is 23.1. The minimum absolute atomic E-state index is 0.0565. The number of likely N-dealkylation sites (tertiary alicyclic amines) is 1. The summed E-state index contributed by atoms with van der Waals surface area (Å²) in [6.45, 7) is 4.17. The van der Waals surface area contributed by atoms with Gasteiger partial charge in [0.15, 0.2) is 0 Å². The predicted octanol–water partition coefficient (Wildman–Crippen LogP) is 4.06. The number of carbonyl (C=O) groups is 1. The Labute approximate surface area is 173 Å². The number of aromatic nitrogens is 3. The van der Waals surface area contributed by atoms with Crippen molar-refractivity contribution in [3.8, 4) is 17.1 Å². The van der Waals surface area contributed by atoms with E-state index < -0.39 is 0 Å². The monoisotopic (exact) mass is 410 g/mol. The van der Waals surface area contributed by atoms with Crippen molar-refractivity contribution in [1.82, 2.24) is 20.0 Å². The topological polar surface area (TPSA) is 81.4 Å². The highest BCUT2D eigenvalue weighted by atomic mass is 32.2. The van der Waals surface area contributed by atoms with Crippen LogP contribution in [0, 0.1) is 0 Å². The standard InChI is InChI=1S/C21H22N4O3S/c1-2-27-17-8-4-3-7-16(17)20-23-18(28-24-20)14-29-19-10-9-15(13-22-19)21(26)25-11-5-6-12-25/h3-4,7-10,13H,2,5-6,11-12,14H2,1H3. The van der Waals surface area contributed by atoms with Crippen LogP contribution in [0.3, 0.4) is 0 Å². The van der Waals surface area contributed by atoms with Gasteiger partial charge in [-0.3, -0.25) is 4.79 Å². The fraction of sp³-hybridized carbons (Fsp3) is 0.333. The van der Waals surface area contributed by atoms with Gasteiger partial charge < -0.3 is 14.2 Å². The lowest BCUT2D eigenvalue weighted by molar-refractivity contribution is 0.0792. The van der Waals surface area contributed by atoms with Crippen LogP contribution < -0.4 is 4.74 Å². The molecule has 2 aromatic heterocycles. The molecule has 3 heterocycles. The smallest absolute Gasteiger partial charge is 0.255 e. The zero-order valence-corrected chi connectivity index (χ0v) is 17.0. The van der Waals surface area contributed by atoms with E-state index in [-0.39, 0.29) is 5.91 Å². The van der Waals surface area contributed by atoms with E-state index in [1.54, 1.807) is 6.20 Å². The Kier molecular flexibility index (Phi) is 6.09. The molecule has 0 unspecified atom stereocenters. The third-order valence-corrected chi connectivity index (χ3v) is 5.54. The van der Waals surface area contributed by atoms with E-state index in [1.165, 1.54) is 11.8 Å². The van der Waals surface area contributed by atoms with Crippen LogP contribution in [-0.2, 0) is 5.75 Å². The molecule has 1 aliphatic heterocycles.